The molecule has 8 heavy (non-hydrogen) atoms. The number of hydrogen-bond donors (Lipinski definition) is 0. The van der Waals surface area contributed by atoms with Gasteiger partial charge in [-0.15, -0.1) is 0 Å². The molecule has 0 atom stereocenters. The first-order valence-corrected chi connectivity index (χ1v) is 4.08. The van der Waals surface area contributed by atoms with Crippen LogP contribution in [0.2, 0.25) is 0 Å². The summed E-state index contributed by atoms with van der Waals surface area (Å²) in [5.74, 6) is 0. The Morgan fingerprint density at radius 2 is 2.12 bits per heavy atom. The van der Waals surface area contributed by atoms with Crippen molar-refractivity contribution in [2.45, 2.75) is 32.6 Å². The maximum absolute atomic E-state index is 3.22. The van der Waals surface area contributed by atoms with Gasteiger partial charge in [0.15, 0.2) is 0 Å². The Bertz CT molecular complexity index is 57.4. The molecule has 0 aromatic rings. The van der Waals surface area contributed by atoms with E-state index in [0.717, 1.165) is 0 Å². The number of allylic oxidation sites excluding steroid dienone is 1. The number of unbranched alkanes of at least 4 members (excludes halogenated alkanes) is 3. The second-order valence-electron chi connectivity index (χ2n) is 1.86. The zero-order valence-corrected chi connectivity index (χ0v) is 6.95. The predicted molar refractivity (Wildman–Crippen MR) is 42.2 cm³/mol. The highest BCUT2D eigenvalue weighted by Crippen LogP contribution is 1.99. The Kier molecular flexibility index (Phi) is 7.42. The van der Waals surface area contributed by atoms with Crippen LogP contribution in [0.3, 0.4) is 0 Å². The second kappa shape index (κ2) is 7.22. The molecule has 0 unspecified atom stereocenters. The first-order valence-electron chi connectivity index (χ1n) is 3.17. The van der Waals surface area contributed by atoms with E-state index in [0.29, 0.717) is 0 Å². The van der Waals surface area contributed by atoms with Crippen molar-refractivity contribution in [1.29, 1.82) is 0 Å². The Hall–Kier alpha value is 0.220. The average Bonchev–Trinajstić information content (AvgIpc) is 1.81. The minimum Gasteiger partial charge on any atom is -0.0776 e. The third kappa shape index (κ3) is 6.22. The van der Waals surface area contributed by atoms with Crippen LogP contribution in [-0.2, 0) is 0 Å². The number of halogens is 1. The topological polar surface area (TPSA) is 0 Å². The van der Waals surface area contributed by atoms with Gasteiger partial charge in [0.05, 0.1) is 0 Å². The van der Waals surface area contributed by atoms with E-state index in [4.69, 9.17) is 0 Å². The predicted octanol–water partition coefficient (Wildman–Crippen LogP) is 3.48. The highest BCUT2D eigenvalue weighted by atomic mass is 79.9. The van der Waals surface area contributed by atoms with Crippen molar-refractivity contribution in [3.8, 4) is 0 Å². The van der Waals surface area contributed by atoms with Crippen LogP contribution < -0.4 is 0 Å². The lowest BCUT2D eigenvalue weighted by atomic mass is 10.2. The van der Waals surface area contributed by atoms with Gasteiger partial charge in [0, 0.05) is 0 Å². The fraction of sp³-hybridized carbons (Fsp3) is 0.714. The van der Waals surface area contributed by atoms with Crippen molar-refractivity contribution in [2.75, 3.05) is 0 Å². The van der Waals surface area contributed by atoms with Crippen LogP contribution >= 0.6 is 15.9 Å². The third-order valence-electron chi connectivity index (χ3n) is 1.06. The maximum atomic E-state index is 3.22. The zero-order chi connectivity index (χ0) is 6.24. The summed E-state index contributed by atoms with van der Waals surface area (Å²) < 4.78 is 0. The summed E-state index contributed by atoms with van der Waals surface area (Å²) in [6.45, 7) is 2.22. The van der Waals surface area contributed by atoms with Gasteiger partial charge >= 0.3 is 0 Å². The van der Waals surface area contributed by atoms with Crippen LogP contribution in [0.15, 0.2) is 11.1 Å². The van der Waals surface area contributed by atoms with Gasteiger partial charge in [-0.3, -0.25) is 0 Å². The molecule has 0 saturated carbocycles. The van der Waals surface area contributed by atoms with E-state index < -0.39 is 0 Å². The van der Waals surface area contributed by atoms with E-state index in [1.807, 2.05) is 4.99 Å². The molecule has 1 heteroatoms. The fourth-order valence-corrected chi connectivity index (χ4v) is 0.840. The van der Waals surface area contributed by atoms with Crippen LogP contribution in [0.1, 0.15) is 32.6 Å². The molecule has 0 heterocycles. The van der Waals surface area contributed by atoms with Gasteiger partial charge in [0.1, 0.15) is 0 Å². The minimum atomic E-state index is 1.22. The zero-order valence-electron chi connectivity index (χ0n) is 5.36. The first-order chi connectivity index (χ1) is 3.91. The third-order valence-corrected chi connectivity index (χ3v) is 1.44. The minimum absolute atomic E-state index is 1.22. The van der Waals surface area contributed by atoms with Crippen molar-refractivity contribution in [3.63, 3.8) is 0 Å². The van der Waals surface area contributed by atoms with E-state index in [-0.39, 0.29) is 0 Å². The van der Waals surface area contributed by atoms with Crippen molar-refractivity contribution in [1.82, 2.24) is 0 Å². The van der Waals surface area contributed by atoms with Gasteiger partial charge in [-0.2, -0.15) is 0 Å². The molecule has 0 aromatic heterocycles. The van der Waals surface area contributed by atoms with E-state index in [9.17, 15) is 0 Å². The van der Waals surface area contributed by atoms with Gasteiger partial charge in [-0.1, -0.05) is 41.8 Å². The van der Waals surface area contributed by atoms with Crippen molar-refractivity contribution in [3.05, 3.63) is 11.1 Å². The quantitative estimate of drug-likeness (QED) is 0.576. The average molecular weight is 177 g/mol. The van der Waals surface area contributed by atoms with Gasteiger partial charge in [0.2, 0.25) is 0 Å². The lowest BCUT2D eigenvalue weighted by molar-refractivity contribution is 0.729. The molecular weight excluding hydrogens is 164 g/mol. The summed E-state index contributed by atoms with van der Waals surface area (Å²) in [4.78, 5) is 1.93. The summed E-state index contributed by atoms with van der Waals surface area (Å²) in [7, 11) is 0. The Labute approximate surface area is 60.1 Å². The Balaban J connectivity index is 2.72. The Morgan fingerprint density at radius 3 is 2.62 bits per heavy atom. The highest BCUT2D eigenvalue weighted by molar-refractivity contribution is 9.11. The normalized spacial score (nSPS) is 10.8. The lowest BCUT2D eigenvalue weighted by Crippen LogP contribution is -1.68. The maximum Gasteiger partial charge on any atom is -0.0229 e. The Morgan fingerprint density at radius 1 is 1.38 bits per heavy atom. The molecule has 0 nitrogen and oxygen atoms in total. The highest BCUT2D eigenvalue weighted by Gasteiger charge is 1.78. The van der Waals surface area contributed by atoms with E-state index in [1.165, 1.54) is 25.7 Å². The fourth-order valence-electron chi connectivity index (χ4n) is 0.575. The molecule has 0 spiro atoms. The van der Waals surface area contributed by atoms with Crippen LogP contribution in [0.4, 0.5) is 0 Å². The first kappa shape index (κ1) is 8.22. The van der Waals surface area contributed by atoms with Crippen molar-refractivity contribution < 1.29 is 0 Å². The molecule has 48 valence electrons. The standard InChI is InChI=1S/C7H13Br/c1-2-3-4-5-6-7-8/h6-7H,2-5H2,1H3/b7-6+. The molecule has 0 saturated heterocycles. The van der Waals surface area contributed by atoms with E-state index >= 15 is 0 Å². The van der Waals surface area contributed by atoms with Gasteiger partial charge in [0.25, 0.3) is 0 Å². The number of rotatable bonds is 4. The van der Waals surface area contributed by atoms with E-state index in [2.05, 4.69) is 28.9 Å². The summed E-state index contributed by atoms with van der Waals surface area (Å²) in [5, 5.41) is 0. The molecule has 0 radical (unpaired) electrons. The summed E-state index contributed by atoms with van der Waals surface area (Å²) in [6, 6.07) is 0. The van der Waals surface area contributed by atoms with E-state index in [1.54, 1.807) is 0 Å². The van der Waals surface area contributed by atoms with Crippen LogP contribution in [0.25, 0.3) is 0 Å². The molecule has 0 N–H and O–H groups in total. The smallest absolute Gasteiger partial charge is 0.0229 e. The van der Waals surface area contributed by atoms with Crippen LogP contribution in [-0.4, -0.2) is 0 Å². The second-order valence-corrected chi connectivity index (χ2v) is 2.39. The van der Waals surface area contributed by atoms with Crippen LogP contribution in [0, 0.1) is 0 Å². The molecule has 0 aliphatic rings. The van der Waals surface area contributed by atoms with Crippen LogP contribution in [0.5, 0.6) is 0 Å². The van der Waals surface area contributed by atoms with Gasteiger partial charge < -0.3 is 0 Å². The summed E-state index contributed by atoms with van der Waals surface area (Å²) >= 11 is 3.22. The molecule has 0 bridgehead atoms. The number of hydrogen-bond acceptors (Lipinski definition) is 0. The molecule has 0 fully saturated rings. The summed E-state index contributed by atoms with van der Waals surface area (Å²) in [6.07, 6.45) is 7.38. The molecule has 0 aliphatic carbocycles. The monoisotopic (exact) mass is 176 g/mol. The molecule has 0 aliphatic heterocycles. The molecular formula is C7H13Br. The van der Waals surface area contributed by atoms with Gasteiger partial charge in [-0.05, 0) is 17.8 Å². The molecule has 0 aromatic carbocycles. The SMILES string of the molecule is CCCCC/C=C/Br. The molecule has 0 amide bonds. The van der Waals surface area contributed by atoms with Crippen molar-refractivity contribution >= 4 is 15.9 Å². The summed E-state index contributed by atoms with van der Waals surface area (Å²) in [5.41, 5.74) is 0. The van der Waals surface area contributed by atoms with Crippen molar-refractivity contribution in [2.24, 2.45) is 0 Å². The largest absolute Gasteiger partial charge is 0.0776 e. The molecule has 0 rings (SSSR count). The lowest BCUT2D eigenvalue weighted by Gasteiger charge is -1.88. The van der Waals surface area contributed by atoms with Gasteiger partial charge in [-0.25, -0.2) is 0 Å².